The molecule has 10 aromatic rings. The molecule has 0 aliphatic carbocycles. The average Bonchev–Trinajstić information content (AvgIpc) is 0.611. The van der Waals surface area contributed by atoms with E-state index in [9.17, 15) is 48.7 Å². The minimum atomic E-state index is -1.28. The van der Waals surface area contributed by atoms with Gasteiger partial charge in [-0.05, 0) is 186 Å². The van der Waals surface area contributed by atoms with Gasteiger partial charge in [0, 0.05) is 16.7 Å². The summed E-state index contributed by atoms with van der Waals surface area (Å²) < 4.78 is 166. The van der Waals surface area contributed by atoms with E-state index in [1.54, 1.807) is 104 Å². The van der Waals surface area contributed by atoms with Crippen LogP contribution in [0.4, 0.5) is 43.9 Å². The smallest absolute Gasteiger partial charge is 0.343 e. The molecular formula is C88H90F10O5. The van der Waals surface area contributed by atoms with Gasteiger partial charge in [0.2, 0.25) is 23.3 Å². The fourth-order valence-electron chi connectivity index (χ4n) is 11.6. The van der Waals surface area contributed by atoms with Crippen molar-refractivity contribution in [2.75, 3.05) is 19.8 Å². The highest BCUT2D eigenvalue weighted by molar-refractivity contribution is 5.91. The molecule has 0 heterocycles. The highest BCUT2D eigenvalue weighted by atomic mass is 19.2. The first-order valence-electron chi connectivity index (χ1n) is 35.8. The molecule has 0 aromatic heterocycles. The van der Waals surface area contributed by atoms with Crippen LogP contribution in [0.1, 0.15) is 163 Å². The number of benzene rings is 10. The van der Waals surface area contributed by atoms with Crippen LogP contribution in [0, 0.1) is 65.1 Å². The first-order valence-corrected chi connectivity index (χ1v) is 35.8. The molecule has 0 atom stereocenters. The predicted molar refractivity (Wildman–Crippen MR) is 393 cm³/mol. The summed E-state index contributed by atoms with van der Waals surface area (Å²) in [4.78, 5) is 12.4. The van der Waals surface area contributed by atoms with Crippen molar-refractivity contribution in [1.29, 1.82) is 0 Å². The SMILES string of the molecule is CCCCCCCCOc1ccc(-c2ccc(-c3ccc(CCCCC)c(F)c3)cc2)c(F)c1F.CCCCCOc1ccc(OC(=O)c2ccc(-c3ccc(C)c(F)c3)cc2)c(F)c1F.CCCOc1ccc(-c2ccc(-c3ccc(CCc4ccc(CCC)cc4)c(F)c3F)cc2)c(F)c1F. The van der Waals surface area contributed by atoms with Gasteiger partial charge in [-0.3, -0.25) is 0 Å². The van der Waals surface area contributed by atoms with E-state index in [1.165, 1.54) is 67.3 Å². The second-order valence-electron chi connectivity index (χ2n) is 25.5. The Morgan fingerprint density at radius 1 is 0.291 bits per heavy atom. The molecule has 0 aliphatic rings. The topological polar surface area (TPSA) is 54.0 Å². The quantitative estimate of drug-likeness (QED) is 0.0182. The maximum atomic E-state index is 15.0. The number of ether oxygens (including phenoxy) is 4. The molecule has 10 rings (SSSR count). The molecule has 103 heavy (non-hydrogen) atoms. The van der Waals surface area contributed by atoms with Gasteiger partial charge >= 0.3 is 5.97 Å². The summed E-state index contributed by atoms with van der Waals surface area (Å²) in [6, 6.07) is 49.4. The van der Waals surface area contributed by atoms with Crippen LogP contribution < -0.4 is 18.9 Å². The Hall–Kier alpha value is -9.63. The Labute approximate surface area is 599 Å². The van der Waals surface area contributed by atoms with Crippen LogP contribution in [0.5, 0.6) is 23.0 Å². The van der Waals surface area contributed by atoms with Gasteiger partial charge in [0.1, 0.15) is 11.6 Å². The molecular weight excluding hydrogens is 1330 g/mol. The van der Waals surface area contributed by atoms with Gasteiger partial charge in [-0.2, -0.15) is 17.6 Å². The standard InChI is InChI=1S/C32H30F4O.C31H37F3O.C25H23F3O3/c1-3-5-21-6-8-22(9-7-21)10-11-25-16-17-26(30(34)29(25)33)23-12-14-24(15-13-23)27-18-19-28(37-20-4-2)32(36)31(27)35;1-3-5-7-8-9-11-21-35-29-20-19-27(30(33)31(29)34)24-15-13-23(14-16-24)26-18-17-25(28(32)22-26)12-10-6-4-2;1-3-4-5-14-30-21-12-13-22(24(28)23(21)27)31-25(29)18-10-8-17(9-11-18)19-7-6-16(2)20(26)15-19/h6-9,12-19H,3-5,10-11,20H2,1-2H3;13-20,22H,3-12,21H2,1-2H3;6-13,15H,3-5,14H2,1-2H3. The van der Waals surface area contributed by atoms with Gasteiger partial charge < -0.3 is 18.9 Å². The molecule has 0 amide bonds. The molecule has 0 aliphatic heterocycles. The number of hydrogen-bond donors (Lipinski definition) is 0. The molecule has 542 valence electrons. The zero-order valence-corrected chi connectivity index (χ0v) is 59.5. The Morgan fingerprint density at radius 2 is 0.680 bits per heavy atom. The summed E-state index contributed by atoms with van der Waals surface area (Å²) in [6.07, 6.45) is 17.0. The molecule has 0 N–H and O–H groups in total. The largest absolute Gasteiger partial charge is 0.490 e. The van der Waals surface area contributed by atoms with Crippen molar-refractivity contribution in [3.8, 4) is 78.6 Å². The lowest BCUT2D eigenvalue weighted by atomic mass is 9.96. The van der Waals surface area contributed by atoms with Crippen LogP contribution in [0.2, 0.25) is 0 Å². The number of esters is 1. The second-order valence-corrected chi connectivity index (χ2v) is 25.5. The zero-order chi connectivity index (χ0) is 73.8. The highest BCUT2D eigenvalue weighted by Gasteiger charge is 2.22. The van der Waals surface area contributed by atoms with Crippen molar-refractivity contribution in [2.45, 2.75) is 157 Å². The van der Waals surface area contributed by atoms with Crippen molar-refractivity contribution in [3.63, 3.8) is 0 Å². The summed E-state index contributed by atoms with van der Waals surface area (Å²) in [5, 5.41) is 0. The number of carbonyl (C=O) groups is 1. The van der Waals surface area contributed by atoms with Crippen LogP contribution >= 0.6 is 0 Å². The Bertz CT molecular complexity index is 4350. The molecule has 0 unspecified atom stereocenters. The lowest BCUT2D eigenvalue weighted by molar-refractivity contribution is 0.0726. The minimum absolute atomic E-state index is 0.0501. The van der Waals surface area contributed by atoms with E-state index in [-0.39, 0.29) is 64.4 Å². The van der Waals surface area contributed by atoms with Crippen LogP contribution in [0.3, 0.4) is 0 Å². The number of halogens is 10. The van der Waals surface area contributed by atoms with E-state index in [1.807, 2.05) is 38.1 Å². The lowest BCUT2D eigenvalue weighted by Gasteiger charge is -2.12. The zero-order valence-electron chi connectivity index (χ0n) is 59.5. The van der Waals surface area contributed by atoms with Crippen molar-refractivity contribution in [1.82, 2.24) is 0 Å². The van der Waals surface area contributed by atoms with Crippen molar-refractivity contribution in [2.24, 2.45) is 0 Å². The fraction of sp³-hybridized carbons (Fsp3) is 0.307. The van der Waals surface area contributed by atoms with Gasteiger partial charge in [0.05, 0.1) is 25.4 Å². The monoisotopic (exact) mass is 1420 g/mol. The van der Waals surface area contributed by atoms with E-state index >= 15 is 0 Å². The van der Waals surface area contributed by atoms with Crippen LogP contribution in [0.15, 0.2) is 182 Å². The van der Waals surface area contributed by atoms with E-state index < -0.39 is 58.3 Å². The van der Waals surface area contributed by atoms with E-state index in [2.05, 4.69) is 32.9 Å². The Morgan fingerprint density at radius 3 is 1.20 bits per heavy atom. The maximum Gasteiger partial charge on any atom is 0.343 e. The predicted octanol–water partition coefficient (Wildman–Crippen LogP) is 25.9. The molecule has 0 spiro atoms. The van der Waals surface area contributed by atoms with Gasteiger partial charge in [-0.25, -0.2) is 31.1 Å². The molecule has 0 saturated heterocycles. The van der Waals surface area contributed by atoms with E-state index in [4.69, 9.17) is 18.9 Å². The molecule has 0 bridgehead atoms. The van der Waals surface area contributed by atoms with Gasteiger partial charge in [-0.15, -0.1) is 0 Å². The molecule has 5 nitrogen and oxygen atoms in total. The summed E-state index contributed by atoms with van der Waals surface area (Å²) in [6.45, 7) is 13.0. The molecule has 10 aromatic carbocycles. The summed E-state index contributed by atoms with van der Waals surface area (Å²) in [7, 11) is 0. The number of hydrogen-bond acceptors (Lipinski definition) is 5. The van der Waals surface area contributed by atoms with E-state index in [0.29, 0.717) is 64.8 Å². The molecule has 15 heteroatoms. The molecule has 0 fully saturated rings. The van der Waals surface area contributed by atoms with Crippen molar-refractivity contribution in [3.05, 3.63) is 274 Å². The first-order chi connectivity index (χ1) is 49.9. The summed E-state index contributed by atoms with van der Waals surface area (Å²) >= 11 is 0. The van der Waals surface area contributed by atoms with Crippen LogP contribution in [0.25, 0.3) is 55.6 Å². The first kappa shape index (κ1) is 79.1. The second kappa shape index (κ2) is 40.3. The van der Waals surface area contributed by atoms with Crippen molar-refractivity contribution < 1.29 is 67.6 Å². The average molecular weight is 1420 g/mol. The number of aryl methyl sites for hydroxylation is 5. The third-order valence-corrected chi connectivity index (χ3v) is 17.7. The number of carbonyl (C=O) groups excluding carboxylic acids is 1. The number of rotatable bonds is 32. The summed E-state index contributed by atoms with van der Waals surface area (Å²) in [5.41, 5.74) is 8.82. The highest BCUT2D eigenvalue weighted by Crippen LogP contribution is 2.36. The minimum Gasteiger partial charge on any atom is -0.490 e. The number of unbranched alkanes of at least 4 members (excludes halogenated alkanes) is 9. The van der Waals surface area contributed by atoms with Crippen LogP contribution in [-0.2, 0) is 25.7 Å². The fourth-order valence-corrected chi connectivity index (χ4v) is 11.6. The molecule has 0 radical (unpaired) electrons. The van der Waals surface area contributed by atoms with E-state index in [0.717, 1.165) is 105 Å². The van der Waals surface area contributed by atoms with Crippen LogP contribution in [-0.4, -0.2) is 25.8 Å². The Kier molecular flexibility index (Phi) is 30.9. The summed E-state index contributed by atoms with van der Waals surface area (Å²) in [5.74, 6) is -10.5. The normalized spacial score (nSPS) is 11.0. The van der Waals surface area contributed by atoms with Gasteiger partial charge in [0.25, 0.3) is 0 Å². The maximum absolute atomic E-state index is 15.0. The lowest BCUT2D eigenvalue weighted by Crippen LogP contribution is -2.10. The van der Waals surface area contributed by atoms with Gasteiger partial charge in [0.15, 0.2) is 46.3 Å². The third-order valence-electron chi connectivity index (χ3n) is 17.7. The van der Waals surface area contributed by atoms with Gasteiger partial charge in [-0.1, -0.05) is 220 Å². The molecule has 0 saturated carbocycles. The Balaban J connectivity index is 0.000000197. The third kappa shape index (κ3) is 22.2. The van der Waals surface area contributed by atoms with Crippen molar-refractivity contribution >= 4 is 5.97 Å².